The molecule has 4 rings (SSSR count). The lowest BCUT2D eigenvalue weighted by molar-refractivity contribution is -0.116. The number of methoxy groups -OCH3 is 1. The third-order valence-electron chi connectivity index (χ3n) is 5.32. The van der Waals surface area contributed by atoms with Gasteiger partial charge in [-0.3, -0.25) is 14.4 Å². The van der Waals surface area contributed by atoms with Gasteiger partial charge in [0.1, 0.15) is 17.9 Å². The van der Waals surface area contributed by atoms with Gasteiger partial charge >= 0.3 is 0 Å². The Morgan fingerprint density at radius 3 is 2.62 bits per heavy atom. The zero-order valence-electron chi connectivity index (χ0n) is 19.0. The fourth-order valence-corrected chi connectivity index (χ4v) is 4.13. The Balaban J connectivity index is 1.77. The van der Waals surface area contributed by atoms with E-state index in [0.29, 0.717) is 22.8 Å². The van der Waals surface area contributed by atoms with Gasteiger partial charge in [-0.2, -0.15) is 0 Å². The molecule has 1 amide bonds. The second-order valence-corrected chi connectivity index (χ2v) is 8.51. The molecule has 0 unspecified atom stereocenters. The number of carbonyl (C=O) groups is 2. The highest BCUT2D eigenvalue weighted by atomic mass is 32.2. The van der Waals surface area contributed by atoms with Crippen LogP contribution in [0.25, 0.3) is 11.0 Å². The number of pyridine rings is 2. The molecule has 0 atom stereocenters. The number of benzene rings is 2. The molecule has 0 spiro atoms. The zero-order valence-corrected chi connectivity index (χ0v) is 19.8. The number of aryl methyl sites for hydroxylation is 1. The van der Waals surface area contributed by atoms with E-state index in [2.05, 4.69) is 10.3 Å². The molecule has 0 aliphatic carbocycles. The summed E-state index contributed by atoms with van der Waals surface area (Å²) in [6.07, 6.45) is 3.37. The molecular formula is C26H23N3O4S. The summed E-state index contributed by atoms with van der Waals surface area (Å²) in [4.78, 5) is 45.0. The number of thioether (sulfide) groups is 1. The van der Waals surface area contributed by atoms with Gasteiger partial charge in [-0.1, -0.05) is 18.2 Å². The van der Waals surface area contributed by atoms with Gasteiger partial charge in [0.2, 0.25) is 17.1 Å². The highest BCUT2D eigenvalue weighted by molar-refractivity contribution is 7.98. The molecule has 2 aromatic heterocycles. The van der Waals surface area contributed by atoms with E-state index in [4.69, 9.17) is 4.74 Å². The van der Waals surface area contributed by atoms with Crippen LogP contribution in [0.2, 0.25) is 0 Å². The van der Waals surface area contributed by atoms with Crippen molar-refractivity contribution in [2.24, 2.45) is 0 Å². The Bertz CT molecular complexity index is 1460. The monoisotopic (exact) mass is 473 g/mol. The summed E-state index contributed by atoms with van der Waals surface area (Å²) in [6, 6.07) is 17.6. The summed E-state index contributed by atoms with van der Waals surface area (Å²) in [6.45, 7) is 1.68. The maximum atomic E-state index is 13.3. The molecule has 0 fully saturated rings. The van der Waals surface area contributed by atoms with Crippen LogP contribution in [0, 0.1) is 6.92 Å². The number of nitrogens with zero attached hydrogens (tertiary/aromatic N) is 2. The summed E-state index contributed by atoms with van der Waals surface area (Å²) in [7, 11) is 1.47. The number of fused-ring (bicyclic) bond motifs is 1. The van der Waals surface area contributed by atoms with Crippen LogP contribution in [0.4, 0.5) is 5.69 Å². The van der Waals surface area contributed by atoms with Crippen molar-refractivity contribution in [1.29, 1.82) is 0 Å². The first-order valence-corrected chi connectivity index (χ1v) is 11.8. The van der Waals surface area contributed by atoms with Gasteiger partial charge in [-0.15, -0.1) is 11.8 Å². The molecule has 0 aliphatic heterocycles. The molecule has 1 N–H and O–H groups in total. The van der Waals surface area contributed by atoms with Crippen molar-refractivity contribution in [3.63, 3.8) is 0 Å². The number of rotatable bonds is 7. The number of ether oxygens (including phenoxy) is 1. The average Bonchev–Trinajstić information content (AvgIpc) is 2.85. The molecule has 0 radical (unpaired) electrons. The minimum Gasteiger partial charge on any atom is -0.496 e. The van der Waals surface area contributed by atoms with Crippen molar-refractivity contribution < 1.29 is 14.3 Å². The predicted molar refractivity (Wildman–Crippen MR) is 134 cm³/mol. The second-order valence-electron chi connectivity index (χ2n) is 7.63. The van der Waals surface area contributed by atoms with Crippen LogP contribution >= 0.6 is 11.8 Å². The Kier molecular flexibility index (Phi) is 6.79. The van der Waals surface area contributed by atoms with E-state index in [1.807, 2.05) is 24.5 Å². The van der Waals surface area contributed by atoms with Crippen molar-refractivity contribution >= 4 is 40.2 Å². The molecular weight excluding hydrogens is 450 g/mol. The molecule has 2 aromatic carbocycles. The minimum atomic E-state index is -0.480. The van der Waals surface area contributed by atoms with Crippen LogP contribution in [0.1, 0.15) is 21.6 Å². The Morgan fingerprint density at radius 2 is 1.85 bits per heavy atom. The van der Waals surface area contributed by atoms with E-state index in [9.17, 15) is 14.4 Å². The summed E-state index contributed by atoms with van der Waals surface area (Å²) < 4.78 is 6.85. The smallest absolute Gasteiger partial charge is 0.244 e. The highest BCUT2D eigenvalue weighted by Crippen LogP contribution is 2.22. The van der Waals surface area contributed by atoms with Gasteiger partial charge in [-0.25, -0.2) is 4.98 Å². The molecule has 4 aromatic rings. The Labute approximate surface area is 200 Å². The van der Waals surface area contributed by atoms with Crippen LogP contribution < -0.4 is 15.5 Å². The largest absolute Gasteiger partial charge is 0.496 e. The summed E-state index contributed by atoms with van der Waals surface area (Å²) >= 11 is 1.58. The number of ketones is 1. The van der Waals surface area contributed by atoms with Gasteiger partial charge in [0.05, 0.1) is 23.6 Å². The van der Waals surface area contributed by atoms with Crippen molar-refractivity contribution in [1.82, 2.24) is 9.55 Å². The first kappa shape index (κ1) is 23.3. The van der Waals surface area contributed by atoms with E-state index in [-0.39, 0.29) is 29.0 Å². The maximum absolute atomic E-state index is 13.3. The van der Waals surface area contributed by atoms with Crippen LogP contribution in [-0.4, -0.2) is 34.6 Å². The maximum Gasteiger partial charge on any atom is 0.244 e. The number of hydrogen-bond acceptors (Lipinski definition) is 6. The normalized spacial score (nSPS) is 10.8. The molecule has 8 heteroatoms. The molecule has 7 nitrogen and oxygen atoms in total. The predicted octanol–water partition coefficient (Wildman–Crippen LogP) is 4.31. The van der Waals surface area contributed by atoms with E-state index >= 15 is 0 Å². The summed E-state index contributed by atoms with van der Waals surface area (Å²) in [5, 5.41) is 3.14. The van der Waals surface area contributed by atoms with Gasteiger partial charge < -0.3 is 14.6 Å². The summed E-state index contributed by atoms with van der Waals surface area (Å²) in [5.74, 6) is -0.416. The number of amides is 1. The number of aromatic nitrogens is 2. The second kappa shape index (κ2) is 9.93. The number of anilines is 1. The van der Waals surface area contributed by atoms with Crippen molar-refractivity contribution in [3.8, 4) is 5.75 Å². The van der Waals surface area contributed by atoms with E-state index in [1.54, 1.807) is 65.7 Å². The molecule has 0 bridgehead atoms. The van der Waals surface area contributed by atoms with Gasteiger partial charge in [0.15, 0.2) is 0 Å². The standard InChI is InChI=1S/C26H23N3O4S/c1-16-11-12-20-25(32)21(24(31)19-9-4-5-10-22(19)33-2)14-29(26(20)27-16)15-23(30)28-17-7-6-8-18(13-17)34-3/h4-14H,15H2,1-3H3,(H,28,30). The average molecular weight is 474 g/mol. The molecule has 0 saturated carbocycles. The van der Waals surface area contributed by atoms with Gasteiger partial charge in [0, 0.05) is 22.5 Å². The number of hydrogen-bond donors (Lipinski definition) is 1. The highest BCUT2D eigenvalue weighted by Gasteiger charge is 2.21. The van der Waals surface area contributed by atoms with Crippen molar-refractivity contribution in [2.75, 3.05) is 18.7 Å². The quantitative estimate of drug-likeness (QED) is 0.318. The first-order chi connectivity index (χ1) is 16.4. The van der Waals surface area contributed by atoms with Crippen LogP contribution in [0.15, 0.2) is 76.6 Å². The third kappa shape index (κ3) is 4.72. The lowest BCUT2D eigenvalue weighted by atomic mass is 10.0. The van der Waals surface area contributed by atoms with Crippen molar-refractivity contribution in [3.05, 3.63) is 93.9 Å². The van der Waals surface area contributed by atoms with E-state index in [0.717, 1.165) is 4.90 Å². The molecule has 34 heavy (non-hydrogen) atoms. The fraction of sp³-hybridized carbons (Fsp3) is 0.154. The number of para-hydroxylation sites is 1. The van der Waals surface area contributed by atoms with Gasteiger partial charge in [0.25, 0.3) is 0 Å². The third-order valence-corrected chi connectivity index (χ3v) is 6.05. The topological polar surface area (TPSA) is 90.3 Å². The van der Waals surface area contributed by atoms with Crippen LogP contribution in [-0.2, 0) is 11.3 Å². The SMILES string of the molecule is COc1ccccc1C(=O)c1cn(CC(=O)Nc2cccc(SC)c2)c2nc(C)ccc2c1=O. The Morgan fingerprint density at radius 1 is 1.06 bits per heavy atom. The molecule has 0 saturated heterocycles. The van der Waals surface area contributed by atoms with Crippen LogP contribution in [0.3, 0.4) is 0 Å². The first-order valence-electron chi connectivity index (χ1n) is 10.5. The molecule has 2 heterocycles. The van der Waals surface area contributed by atoms with Gasteiger partial charge in [-0.05, 0) is 55.6 Å². The summed E-state index contributed by atoms with van der Waals surface area (Å²) in [5.41, 5.74) is 1.47. The zero-order chi connectivity index (χ0) is 24.2. The van der Waals surface area contributed by atoms with Crippen molar-refractivity contribution in [2.45, 2.75) is 18.4 Å². The molecule has 172 valence electrons. The fourth-order valence-electron chi connectivity index (χ4n) is 3.68. The minimum absolute atomic E-state index is 0.0557. The number of carbonyl (C=O) groups excluding carboxylic acids is 2. The lowest BCUT2D eigenvalue weighted by Gasteiger charge is -2.14. The lowest BCUT2D eigenvalue weighted by Crippen LogP contribution is -2.25. The van der Waals surface area contributed by atoms with E-state index < -0.39 is 11.2 Å². The Hall–Kier alpha value is -3.91. The van der Waals surface area contributed by atoms with E-state index in [1.165, 1.54) is 13.3 Å². The van der Waals surface area contributed by atoms with Crippen LogP contribution in [0.5, 0.6) is 5.75 Å². The molecule has 0 aliphatic rings. The number of nitrogens with one attached hydrogen (secondary N) is 1.